The van der Waals surface area contributed by atoms with E-state index in [1.54, 1.807) is 0 Å². The van der Waals surface area contributed by atoms with Crippen molar-refractivity contribution in [3.63, 3.8) is 0 Å². The van der Waals surface area contributed by atoms with Gasteiger partial charge in [0.15, 0.2) is 9.84 Å². The molecular formula is C22H32O2S. The largest absolute Gasteiger partial charge is 0.228 e. The second kappa shape index (κ2) is 11.1. The Bertz CT molecular complexity index is 704. The predicted molar refractivity (Wildman–Crippen MR) is 109 cm³/mol. The lowest BCUT2D eigenvalue weighted by Gasteiger charge is -2.04. The molecule has 1 aromatic rings. The molecule has 0 spiro atoms. The van der Waals surface area contributed by atoms with Crippen molar-refractivity contribution in [2.45, 2.75) is 59.1 Å². The Morgan fingerprint density at radius 1 is 0.840 bits per heavy atom. The first-order valence-electron chi connectivity index (χ1n) is 8.97. The van der Waals surface area contributed by atoms with Gasteiger partial charge in [0.25, 0.3) is 0 Å². The highest BCUT2D eigenvalue weighted by Gasteiger charge is 2.10. The lowest BCUT2D eigenvalue weighted by molar-refractivity contribution is 0.598. The van der Waals surface area contributed by atoms with Crippen LogP contribution < -0.4 is 0 Å². The van der Waals surface area contributed by atoms with Gasteiger partial charge < -0.3 is 0 Å². The van der Waals surface area contributed by atoms with Gasteiger partial charge >= 0.3 is 0 Å². The molecule has 0 amide bonds. The minimum Gasteiger partial charge on any atom is -0.228 e. The van der Waals surface area contributed by atoms with Gasteiger partial charge in [0.1, 0.15) is 0 Å². The number of allylic oxidation sites excluding steroid dienone is 5. The maximum Gasteiger partial charge on any atom is 0.157 e. The summed E-state index contributed by atoms with van der Waals surface area (Å²) in [5.41, 5.74) is 4.76. The van der Waals surface area contributed by atoms with Crippen LogP contribution in [-0.2, 0) is 15.6 Å². The molecule has 138 valence electrons. The third kappa shape index (κ3) is 10.8. The third-order valence-corrected chi connectivity index (χ3v) is 5.49. The molecule has 3 heteroatoms. The van der Waals surface area contributed by atoms with Crippen molar-refractivity contribution in [2.75, 3.05) is 5.75 Å². The molecule has 0 aliphatic heterocycles. The molecule has 0 bridgehead atoms. The molecule has 0 heterocycles. The maximum absolute atomic E-state index is 12.2. The fourth-order valence-electron chi connectivity index (χ4n) is 2.50. The summed E-state index contributed by atoms with van der Waals surface area (Å²) in [4.78, 5) is 0. The van der Waals surface area contributed by atoms with Gasteiger partial charge in [-0.15, -0.1) is 0 Å². The van der Waals surface area contributed by atoms with Gasteiger partial charge in [0.2, 0.25) is 0 Å². The van der Waals surface area contributed by atoms with Crippen molar-refractivity contribution in [2.24, 2.45) is 0 Å². The predicted octanol–water partition coefficient (Wildman–Crippen LogP) is 6.02. The molecule has 0 atom stereocenters. The van der Waals surface area contributed by atoms with E-state index in [4.69, 9.17) is 0 Å². The molecule has 0 fully saturated rings. The minimum atomic E-state index is -3.09. The Morgan fingerprint density at radius 3 is 2.00 bits per heavy atom. The van der Waals surface area contributed by atoms with Crippen LogP contribution in [-0.4, -0.2) is 14.2 Å². The highest BCUT2D eigenvalue weighted by atomic mass is 32.2. The molecule has 0 radical (unpaired) electrons. The van der Waals surface area contributed by atoms with Crippen LogP contribution in [0.1, 0.15) is 58.9 Å². The van der Waals surface area contributed by atoms with Crippen LogP contribution in [0.3, 0.4) is 0 Å². The van der Waals surface area contributed by atoms with E-state index in [1.165, 1.54) is 11.1 Å². The van der Waals surface area contributed by atoms with Gasteiger partial charge in [-0.1, -0.05) is 65.3 Å². The first kappa shape index (κ1) is 21.4. The summed E-state index contributed by atoms with van der Waals surface area (Å²) in [6.45, 7) is 8.44. The molecule has 25 heavy (non-hydrogen) atoms. The number of sulfone groups is 1. The van der Waals surface area contributed by atoms with Crippen molar-refractivity contribution in [1.82, 2.24) is 0 Å². The average Bonchev–Trinajstić information content (AvgIpc) is 2.53. The first-order chi connectivity index (χ1) is 11.8. The van der Waals surface area contributed by atoms with E-state index < -0.39 is 9.84 Å². The van der Waals surface area contributed by atoms with E-state index in [1.807, 2.05) is 43.3 Å². The Labute approximate surface area is 154 Å². The lowest BCUT2D eigenvalue weighted by atomic mass is 10.1. The van der Waals surface area contributed by atoms with Gasteiger partial charge in [-0.2, -0.15) is 0 Å². The van der Waals surface area contributed by atoms with Crippen LogP contribution in [0.2, 0.25) is 0 Å². The Balaban J connectivity index is 2.41. The number of hydrogen-bond donors (Lipinski definition) is 0. The molecule has 0 aromatic heterocycles. The second-order valence-electron chi connectivity index (χ2n) is 7.00. The minimum absolute atomic E-state index is 0.112. The monoisotopic (exact) mass is 360 g/mol. The SMILES string of the molecule is CC(C)=CCC/C(C)=C/CC/C(C)=C/CS(=O)(=O)Cc1ccccc1. The van der Waals surface area contributed by atoms with Crippen LogP contribution in [0.5, 0.6) is 0 Å². The standard InChI is InChI=1S/C22H32O2S/c1-19(2)10-8-11-20(3)12-9-13-21(4)16-17-25(23,24)18-22-14-6-5-7-15-22/h5-7,10,12,14-16H,8-9,11,13,17-18H2,1-4H3/b20-12+,21-16+. The quantitative estimate of drug-likeness (QED) is 0.478. The molecule has 0 saturated heterocycles. The van der Waals surface area contributed by atoms with Crippen molar-refractivity contribution < 1.29 is 8.42 Å². The highest BCUT2D eigenvalue weighted by molar-refractivity contribution is 7.90. The Hall–Kier alpha value is -1.61. The number of benzene rings is 1. The molecule has 0 N–H and O–H groups in total. The van der Waals surface area contributed by atoms with E-state index in [-0.39, 0.29) is 11.5 Å². The van der Waals surface area contributed by atoms with Crippen LogP contribution in [0, 0.1) is 0 Å². The van der Waals surface area contributed by atoms with Crippen LogP contribution in [0.25, 0.3) is 0 Å². The van der Waals surface area contributed by atoms with E-state index >= 15 is 0 Å². The fourth-order valence-corrected chi connectivity index (χ4v) is 3.85. The maximum atomic E-state index is 12.2. The lowest BCUT2D eigenvalue weighted by Crippen LogP contribution is -2.07. The molecule has 1 aromatic carbocycles. The fraction of sp³-hybridized carbons (Fsp3) is 0.455. The normalized spacial score (nSPS) is 13.0. The van der Waals surface area contributed by atoms with Gasteiger partial charge in [-0.25, -0.2) is 8.42 Å². The molecule has 0 aliphatic rings. The van der Waals surface area contributed by atoms with Crippen LogP contribution >= 0.6 is 0 Å². The summed E-state index contributed by atoms with van der Waals surface area (Å²) in [7, 11) is -3.09. The van der Waals surface area contributed by atoms with E-state index in [0.29, 0.717) is 0 Å². The smallest absolute Gasteiger partial charge is 0.157 e. The molecule has 0 saturated carbocycles. The van der Waals surface area contributed by atoms with Gasteiger partial charge in [-0.3, -0.25) is 0 Å². The van der Waals surface area contributed by atoms with E-state index in [9.17, 15) is 8.42 Å². The Kier molecular flexibility index (Phi) is 9.51. The highest BCUT2D eigenvalue weighted by Crippen LogP contribution is 2.12. The topological polar surface area (TPSA) is 34.1 Å². The van der Waals surface area contributed by atoms with Crippen LogP contribution in [0.4, 0.5) is 0 Å². The molecule has 1 rings (SSSR count). The molecule has 2 nitrogen and oxygen atoms in total. The second-order valence-corrected chi connectivity index (χ2v) is 9.11. The summed E-state index contributed by atoms with van der Waals surface area (Å²) in [6.07, 6.45) is 10.5. The zero-order valence-corrected chi connectivity index (χ0v) is 16.9. The average molecular weight is 361 g/mol. The summed E-state index contributed by atoms with van der Waals surface area (Å²) in [6, 6.07) is 9.36. The van der Waals surface area contributed by atoms with Crippen molar-refractivity contribution in [3.8, 4) is 0 Å². The van der Waals surface area contributed by atoms with Crippen molar-refractivity contribution in [3.05, 3.63) is 70.8 Å². The van der Waals surface area contributed by atoms with Gasteiger partial charge in [0.05, 0.1) is 11.5 Å². The van der Waals surface area contributed by atoms with E-state index in [2.05, 4.69) is 32.9 Å². The zero-order valence-electron chi connectivity index (χ0n) is 16.1. The summed E-state index contributed by atoms with van der Waals surface area (Å²) < 4.78 is 24.4. The zero-order chi connectivity index (χ0) is 18.7. The van der Waals surface area contributed by atoms with E-state index in [0.717, 1.165) is 36.8 Å². The van der Waals surface area contributed by atoms with Gasteiger partial charge in [0, 0.05) is 0 Å². The first-order valence-corrected chi connectivity index (χ1v) is 10.8. The third-order valence-electron chi connectivity index (χ3n) is 4.04. The molecule has 0 aliphatic carbocycles. The Morgan fingerprint density at radius 2 is 1.40 bits per heavy atom. The van der Waals surface area contributed by atoms with Crippen molar-refractivity contribution >= 4 is 9.84 Å². The summed E-state index contributed by atoms with van der Waals surface area (Å²) in [5.74, 6) is 0.234. The van der Waals surface area contributed by atoms with Crippen molar-refractivity contribution in [1.29, 1.82) is 0 Å². The molecule has 0 unspecified atom stereocenters. The molecular weight excluding hydrogens is 328 g/mol. The number of rotatable bonds is 10. The van der Waals surface area contributed by atoms with Crippen LogP contribution in [0.15, 0.2) is 65.3 Å². The number of hydrogen-bond acceptors (Lipinski definition) is 2. The summed E-state index contributed by atoms with van der Waals surface area (Å²) in [5, 5.41) is 0. The van der Waals surface area contributed by atoms with Gasteiger partial charge in [-0.05, 0) is 58.9 Å². The summed E-state index contributed by atoms with van der Waals surface area (Å²) >= 11 is 0.